The number of fused-ring (bicyclic) bond motifs is 1. The van der Waals surface area contributed by atoms with Gasteiger partial charge in [0.05, 0.1) is 29.4 Å². The first-order chi connectivity index (χ1) is 13.6. The lowest BCUT2D eigenvalue weighted by Crippen LogP contribution is -2.32. The minimum atomic E-state index is -0.0302. The van der Waals surface area contributed by atoms with E-state index in [9.17, 15) is 4.79 Å². The van der Waals surface area contributed by atoms with Crippen LogP contribution in [0.4, 0.5) is 0 Å². The Morgan fingerprint density at radius 1 is 1.29 bits per heavy atom. The predicted molar refractivity (Wildman–Crippen MR) is 109 cm³/mol. The van der Waals surface area contributed by atoms with Crippen molar-refractivity contribution in [3.63, 3.8) is 0 Å². The number of aromatic nitrogens is 4. The molecular weight excluding hydrogens is 374 g/mol. The quantitative estimate of drug-likeness (QED) is 0.644. The molecule has 3 aromatic rings. The van der Waals surface area contributed by atoms with Crippen molar-refractivity contribution in [1.82, 2.24) is 25.3 Å². The van der Waals surface area contributed by atoms with Crippen molar-refractivity contribution in [3.05, 3.63) is 41.7 Å². The number of hydrogen-bond donors (Lipinski definition) is 1. The highest BCUT2D eigenvalue weighted by Crippen LogP contribution is 2.28. The lowest BCUT2D eigenvalue weighted by Gasteiger charge is -2.11. The highest BCUT2D eigenvalue weighted by molar-refractivity contribution is 8.00. The molecular formula is C20H23N5O2S. The van der Waals surface area contributed by atoms with Gasteiger partial charge in [0.1, 0.15) is 10.5 Å². The summed E-state index contributed by atoms with van der Waals surface area (Å²) >= 11 is 1.38. The number of benzene rings is 1. The molecule has 1 aromatic carbocycles. The molecule has 0 radical (unpaired) electrons. The van der Waals surface area contributed by atoms with Gasteiger partial charge >= 0.3 is 0 Å². The summed E-state index contributed by atoms with van der Waals surface area (Å²) < 4.78 is 7.41. The van der Waals surface area contributed by atoms with Crippen molar-refractivity contribution in [2.24, 2.45) is 0 Å². The van der Waals surface area contributed by atoms with E-state index >= 15 is 0 Å². The Morgan fingerprint density at radius 2 is 2.11 bits per heavy atom. The zero-order valence-corrected chi connectivity index (χ0v) is 16.8. The molecule has 4 rings (SSSR count). The maximum absolute atomic E-state index is 12.2. The van der Waals surface area contributed by atoms with E-state index in [1.807, 2.05) is 23.7 Å². The van der Waals surface area contributed by atoms with Gasteiger partial charge in [0, 0.05) is 18.5 Å². The average Bonchev–Trinajstić information content (AvgIpc) is 3.37. The van der Waals surface area contributed by atoms with Gasteiger partial charge in [-0.1, -0.05) is 29.5 Å². The number of thioether (sulfide) groups is 1. The smallest absolute Gasteiger partial charge is 0.230 e. The molecule has 1 saturated heterocycles. The minimum absolute atomic E-state index is 0.0302. The fraction of sp³-hybridized carbons (Fsp3) is 0.400. The minimum Gasteiger partial charge on any atom is -0.376 e. The third-order valence-corrected chi connectivity index (χ3v) is 5.78. The van der Waals surface area contributed by atoms with Gasteiger partial charge in [-0.2, -0.15) is 10.2 Å². The predicted octanol–water partition coefficient (Wildman–Crippen LogP) is 2.82. The zero-order valence-electron chi connectivity index (χ0n) is 16.0. The second-order valence-electron chi connectivity index (χ2n) is 6.97. The number of carbonyl (C=O) groups excluding carboxylic acids is 1. The Kier molecular flexibility index (Phi) is 5.59. The lowest BCUT2D eigenvalue weighted by atomic mass is 10.2. The van der Waals surface area contributed by atoms with E-state index in [1.165, 1.54) is 17.3 Å². The van der Waals surface area contributed by atoms with Crippen molar-refractivity contribution in [2.75, 3.05) is 18.9 Å². The first-order valence-corrected chi connectivity index (χ1v) is 10.4. The van der Waals surface area contributed by atoms with E-state index < -0.39 is 0 Å². The Labute approximate surface area is 167 Å². The highest BCUT2D eigenvalue weighted by Gasteiger charge is 2.18. The van der Waals surface area contributed by atoms with Crippen LogP contribution in [-0.4, -0.2) is 50.9 Å². The summed E-state index contributed by atoms with van der Waals surface area (Å²) in [5.74, 6) is 0.246. The monoisotopic (exact) mass is 397 g/mol. The SMILES string of the molecule is Cc1ccc(-n2ncc3c(C)nnc(SCC(=O)NC[C@H]4CCCO4)c32)cc1. The van der Waals surface area contributed by atoms with Crippen LogP contribution in [0.5, 0.6) is 0 Å². The molecule has 1 amide bonds. The van der Waals surface area contributed by atoms with Gasteiger partial charge in [0.2, 0.25) is 5.91 Å². The highest BCUT2D eigenvalue weighted by atomic mass is 32.2. The number of hydrogen-bond acceptors (Lipinski definition) is 6. The maximum atomic E-state index is 12.2. The summed E-state index contributed by atoms with van der Waals surface area (Å²) in [6, 6.07) is 8.16. The second kappa shape index (κ2) is 8.28. The molecule has 1 N–H and O–H groups in total. The topological polar surface area (TPSA) is 81.9 Å². The van der Waals surface area contributed by atoms with Crippen molar-refractivity contribution in [3.8, 4) is 5.69 Å². The van der Waals surface area contributed by atoms with Gasteiger partial charge < -0.3 is 10.1 Å². The molecule has 3 heterocycles. The largest absolute Gasteiger partial charge is 0.376 e. The summed E-state index contributed by atoms with van der Waals surface area (Å²) in [5, 5.41) is 17.7. The molecule has 0 unspecified atom stereocenters. The average molecular weight is 398 g/mol. The molecule has 0 spiro atoms. The van der Waals surface area contributed by atoms with Crippen molar-refractivity contribution in [2.45, 2.75) is 37.8 Å². The van der Waals surface area contributed by atoms with Crippen molar-refractivity contribution in [1.29, 1.82) is 0 Å². The first-order valence-electron chi connectivity index (χ1n) is 9.41. The number of aryl methyl sites for hydroxylation is 2. The van der Waals surface area contributed by atoms with Crippen LogP contribution in [-0.2, 0) is 9.53 Å². The Morgan fingerprint density at radius 3 is 2.86 bits per heavy atom. The normalized spacial score (nSPS) is 16.6. The molecule has 1 fully saturated rings. The van der Waals surface area contributed by atoms with Crippen molar-refractivity contribution < 1.29 is 9.53 Å². The molecule has 0 aliphatic carbocycles. The van der Waals surface area contributed by atoms with Gasteiger partial charge in [-0.05, 0) is 38.8 Å². The number of amides is 1. The summed E-state index contributed by atoms with van der Waals surface area (Å²) in [7, 11) is 0. The molecule has 8 heteroatoms. The third kappa shape index (κ3) is 4.02. The summed E-state index contributed by atoms with van der Waals surface area (Å²) in [4.78, 5) is 12.2. The van der Waals surface area contributed by atoms with E-state index in [0.29, 0.717) is 11.6 Å². The van der Waals surface area contributed by atoms with Gasteiger partial charge in [-0.3, -0.25) is 4.79 Å². The number of ether oxygens (including phenoxy) is 1. The number of rotatable bonds is 6. The van der Waals surface area contributed by atoms with Crippen molar-refractivity contribution >= 4 is 28.6 Å². The van der Waals surface area contributed by atoms with Crippen LogP contribution in [0.1, 0.15) is 24.1 Å². The lowest BCUT2D eigenvalue weighted by molar-refractivity contribution is -0.119. The van der Waals surface area contributed by atoms with E-state index in [-0.39, 0.29) is 17.8 Å². The van der Waals surface area contributed by atoms with Crippen LogP contribution < -0.4 is 5.32 Å². The van der Waals surface area contributed by atoms with E-state index in [4.69, 9.17) is 4.74 Å². The van der Waals surface area contributed by atoms with Gasteiger partial charge in [0.15, 0.2) is 0 Å². The van der Waals surface area contributed by atoms with Gasteiger partial charge in [-0.15, -0.1) is 5.10 Å². The standard InChI is InChI=1S/C20H23N5O2S/c1-13-5-7-15(8-6-13)25-19-17(11-22-25)14(2)23-24-20(19)28-12-18(26)21-10-16-4-3-9-27-16/h5-8,11,16H,3-4,9-10,12H2,1-2H3,(H,21,26)/t16-/m1/s1. The third-order valence-electron chi connectivity index (χ3n) is 4.82. The molecule has 0 bridgehead atoms. The molecule has 1 aliphatic heterocycles. The van der Waals surface area contributed by atoms with Crippen LogP contribution in [0.2, 0.25) is 0 Å². The van der Waals surface area contributed by atoms with E-state index in [0.717, 1.165) is 41.7 Å². The zero-order chi connectivity index (χ0) is 19.5. The Bertz CT molecular complexity index is 980. The molecule has 0 saturated carbocycles. The number of carbonyl (C=O) groups is 1. The molecule has 1 aliphatic rings. The van der Waals surface area contributed by atoms with Crippen LogP contribution in [0.25, 0.3) is 16.6 Å². The summed E-state index contributed by atoms with van der Waals surface area (Å²) in [6.07, 6.45) is 4.02. The summed E-state index contributed by atoms with van der Waals surface area (Å²) in [6.45, 7) is 5.32. The van der Waals surface area contributed by atoms with Crippen LogP contribution in [0.15, 0.2) is 35.5 Å². The molecule has 28 heavy (non-hydrogen) atoms. The fourth-order valence-corrected chi connectivity index (χ4v) is 4.04. The summed E-state index contributed by atoms with van der Waals surface area (Å²) in [5.41, 5.74) is 3.85. The number of nitrogens with one attached hydrogen (secondary N) is 1. The fourth-order valence-electron chi connectivity index (χ4n) is 3.24. The van der Waals surface area contributed by atoms with E-state index in [1.54, 1.807) is 6.20 Å². The first kappa shape index (κ1) is 18.9. The Balaban J connectivity index is 1.53. The van der Waals surface area contributed by atoms with Crippen LogP contribution in [0, 0.1) is 13.8 Å². The Hall–Kier alpha value is -2.45. The number of nitrogens with zero attached hydrogens (tertiary/aromatic N) is 4. The van der Waals surface area contributed by atoms with Crippen LogP contribution in [0.3, 0.4) is 0 Å². The van der Waals surface area contributed by atoms with Gasteiger partial charge in [-0.25, -0.2) is 4.68 Å². The van der Waals surface area contributed by atoms with Gasteiger partial charge in [0.25, 0.3) is 0 Å². The van der Waals surface area contributed by atoms with Crippen LogP contribution >= 0.6 is 11.8 Å². The molecule has 146 valence electrons. The molecule has 1 atom stereocenters. The molecule has 2 aromatic heterocycles. The second-order valence-corrected chi connectivity index (χ2v) is 7.94. The maximum Gasteiger partial charge on any atom is 0.230 e. The molecule has 7 nitrogen and oxygen atoms in total. The van der Waals surface area contributed by atoms with E-state index in [2.05, 4.69) is 39.7 Å².